The molecule has 0 radical (unpaired) electrons. The fourth-order valence-corrected chi connectivity index (χ4v) is 2.29. The fourth-order valence-electron chi connectivity index (χ4n) is 2.29. The van der Waals surface area contributed by atoms with E-state index in [9.17, 15) is 9.59 Å². The summed E-state index contributed by atoms with van der Waals surface area (Å²) in [7, 11) is 1.30. The Morgan fingerprint density at radius 1 is 1.08 bits per heavy atom. The van der Waals surface area contributed by atoms with E-state index in [2.05, 4.69) is 5.32 Å². The molecule has 0 aromatic heterocycles. The number of hydrogen-bond donors (Lipinski definition) is 1. The molecule has 2 aromatic carbocycles. The van der Waals surface area contributed by atoms with Gasteiger partial charge in [-0.1, -0.05) is 29.8 Å². The minimum absolute atomic E-state index is 0.298. The van der Waals surface area contributed by atoms with Gasteiger partial charge in [-0.05, 0) is 44.5 Å². The van der Waals surface area contributed by atoms with Gasteiger partial charge in [0, 0.05) is 0 Å². The van der Waals surface area contributed by atoms with Gasteiger partial charge in [0.1, 0.15) is 5.75 Å². The Balaban J connectivity index is 2.11. The van der Waals surface area contributed by atoms with E-state index >= 15 is 0 Å². The van der Waals surface area contributed by atoms with Gasteiger partial charge in [0.05, 0.1) is 18.4 Å². The maximum atomic E-state index is 12.4. The normalized spacial score (nSPS) is 11.5. The van der Waals surface area contributed by atoms with Crippen molar-refractivity contribution in [2.24, 2.45) is 0 Å². The van der Waals surface area contributed by atoms with E-state index in [-0.39, 0.29) is 5.91 Å². The van der Waals surface area contributed by atoms with Crippen molar-refractivity contribution < 1.29 is 19.1 Å². The average molecular weight is 327 g/mol. The molecule has 1 atom stereocenters. The molecule has 0 spiro atoms. The molecule has 0 heterocycles. The Morgan fingerprint density at radius 2 is 1.79 bits per heavy atom. The highest BCUT2D eigenvalue weighted by Crippen LogP contribution is 2.21. The van der Waals surface area contributed by atoms with Gasteiger partial charge in [0.2, 0.25) is 0 Å². The minimum Gasteiger partial charge on any atom is -0.481 e. The zero-order valence-corrected chi connectivity index (χ0v) is 14.3. The molecule has 0 bridgehead atoms. The molecule has 5 nitrogen and oxygen atoms in total. The molecular formula is C19H21NO4. The summed E-state index contributed by atoms with van der Waals surface area (Å²) in [6.45, 7) is 5.59. The molecule has 0 aliphatic heterocycles. The zero-order valence-electron chi connectivity index (χ0n) is 14.3. The van der Waals surface area contributed by atoms with Gasteiger partial charge in [-0.2, -0.15) is 0 Å². The highest BCUT2D eigenvalue weighted by Gasteiger charge is 2.19. The fraction of sp³-hybridized carbons (Fsp3) is 0.263. The second-order valence-corrected chi connectivity index (χ2v) is 5.56. The second-order valence-electron chi connectivity index (χ2n) is 5.56. The monoisotopic (exact) mass is 327 g/mol. The van der Waals surface area contributed by atoms with Crippen molar-refractivity contribution in [1.29, 1.82) is 0 Å². The number of esters is 1. The number of aryl methyl sites for hydroxylation is 2. The third-order valence-corrected chi connectivity index (χ3v) is 3.59. The number of methoxy groups -OCH3 is 1. The highest BCUT2D eigenvalue weighted by molar-refractivity contribution is 6.02. The molecule has 1 N–H and O–H groups in total. The summed E-state index contributed by atoms with van der Waals surface area (Å²) in [5.41, 5.74) is 2.78. The molecule has 5 heteroatoms. The Hall–Kier alpha value is -2.82. The number of hydrogen-bond acceptors (Lipinski definition) is 4. The van der Waals surface area contributed by atoms with E-state index in [1.807, 2.05) is 32.0 Å². The van der Waals surface area contributed by atoms with Crippen molar-refractivity contribution in [2.45, 2.75) is 26.9 Å². The van der Waals surface area contributed by atoms with Crippen LogP contribution in [-0.4, -0.2) is 25.1 Å². The Morgan fingerprint density at radius 3 is 2.46 bits per heavy atom. The van der Waals surface area contributed by atoms with Crippen LogP contribution < -0.4 is 10.1 Å². The lowest BCUT2D eigenvalue weighted by Gasteiger charge is -2.17. The molecule has 126 valence electrons. The van der Waals surface area contributed by atoms with Gasteiger partial charge < -0.3 is 14.8 Å². The number of carbonyl (C=O) groups is 2. The first-order chi connectivity index (χ1) is 11.4. The topological polar surface area (TPSA) is 64.6 Å². The molecule has 0 aliphatic rings. The van der Waals surface area contributed by atoms with E-state index in [4.69, 9.17) is 9.47 Å². The van der Waals surface area contributed by atoms with Crippen molar-refractivity contribution in [1.82, 2.24) is 0 Å². The summed E-state index contributed by atoms with van der Waals surface area (Å²) >= 11 is 0. The lowest BCUT2D eigenvalue weighted by atomic mass is 10.1. The van der Waals surface area contributed by atoms with Gasteiger partial charge in [-0.3, -0.25) is 4.79 Å². The number of rotatable bonds is 5. The van der Waals surface area contributed by atoms with Crippen LogP contribution in [0.4, 0.5) is 5.69 Å². The Bertz CT molecular complexity index is 755. The summed E-state index contributed by atoms with van der Waals surface area (Å²) in [6, 6.07) is 12.4. The predicted octanol–water partition coefficient (Wildman–Crippen LogP) is 3.50. The maximum Gasteiger partial charge on any atom is 0.339 e. The van der Waals surface area contributed by atoms with Gasteiger partial charge in [-0.15, -0.1) is 0 Å². The lowest BCUT2D eigenvalue weighted by Crippen LogP contribution is -2.31. The first-order valence-electron chi connectivity index (χ1n) is 7.64. The molecule has 0 aliphatic carbocycles. The molecule has 1 amide bonds. The SMILES string of the molecule is COC(=O)c1ccccc1NC(=O)C(C)Oc1ccc(C)cc1C. The van der Waals surface area contributed by atoms with Crippen LogP contribution in [0.15, 0.2) is 42.5 Å². The molecule has 0 saturated heterocycles. The largest absolute Gasteiger partial charge is 0.481 e. The molecule has 1 unspecified atom stereocenters. The lowest BCUT2D eigenvalue weighted by molar-refractivity contribution is -0.122. The van der Waals surface area contributed by atoms with Crippen molar-refractivity contribution in [2.75, 3.05) is 12.4 Å². The first kappa shape index (κ1) is 17.5. The van der Waals surface area contributed by atoms with Crippen LogP contribution in [0.3, 0.4) is 0 Å². The smallest absolute Gasteiger partial charge is 0.339 e. The van der Waals surface area contributed by atoms with Crippen LogP contribution >= 0.6 is 0 Å². The molecule has 0 fully saturated rings. The third-order valence-electron chi connectivity index (χ3n) is 3.59. The first-order valence-corrected chi connectivity index (χ1v) is 7.64. The Labute approximate surface area is 141 Å². The zero-order chi connectivity index (χ0) is 17.7. The van der Waals surface area contributed by atoms with Gasteiger partial charge in [0.25, 0.3) is 5.91 Å². The summed E-state index contributed by atoms with van der Waals surface area (Å²) < 4.78 is 10.5. The third kappa shape index (κ3) is 4.13. The number of ether oxygens (including phenoxy) is 2. The summed E-state index contributed by atoms with van der Waals surface area (Å²) in [4.78, 5) is 24.1. The van der Waals surface area contributed by atoms with Crippen LogP contribution in [0.2, 0.25) is 0 Å². The summed E-state index contributed by atoms with van der Waals surface area (Å²) in [6.07, 6.45) is -0.711. The van der Waals surface area contributed by atoms with Gasteiger partial charge in [-0.25, -0.2) is 4.79 Å². The van der Waals surface area contributed by atoms with Gasteiger partial charge >= 0.3 is 5.97 Å². The van der Waals surface area contributed by atoms with E-state index in [0.717, 1.165) is 11.1 Å². The van der Waals surface area contributed by atoms with Crippen molar-refractivity contribution in [3.8, 4) is 5.75 Å². The summed E-state index contributed by atoms with van der Waals surface area (Å²) in [5, 5.41) is 2.71. The van der Waals surface area contributed by atoms with Gasteiger partial charge in [0.15, 0.2) is 6.10 Å². The number of amides is 1. The van der Waals surface area contributed by atoms with E-state index in [1.165, 1.54) is 7.11 Å². The highest BCUT2D eigenvalue weighted by atomic mass is 16.5. The Kier molecular flexibility index (Phi) is 5.58. The van der Waals surface area contributed by atoms with Crippen LogP contribution in [0, 0.1) is 13.8 Å². The molecule has 2 rings (SSSR count). The number of para-hydroxylation sites is 1. The number of anilines is 1. The number of carbonyl (C=O) groups excluding carboxylic acids is 2. The maximum absolute atomic E-state index is 12.4. The minimum atomic E-state index is -0.711. The van der Waals surface area contributed by atoms with E-state index < -0.39 is 12.1 Å². The molecular weight excluding hydrogens is 306 g/mol. The number of benzene rings is 2. The van der Waals surface area contributed by atoms with Crippen LogP contribution in [0.1, 0.15) is 28.4 Å². The number of nitrogens with one attached hydrogen (secondary N) is 1. The molecule has 2 aromatic rings. The van der Waals surface area contributed by atoms with E-state index in [1.54, 1.807) is 31.2 Å². The van der Waals surface area contributed by atoms with Crippen LogP contribution in [0.5, 0.6) is 5.75 Å². The van der Waals surface area contributed by atoms with Crippen molar-refractivity contribution >= 4 is 17.6 Å². The summed E-state index contributed by atoms with van der Waals surface area (Å²) in [5.74, 6) is -0.190. The average Bonchev–Trinajstić information content (AvgIpc) is 2.57. The van der Waals surface area contributed by atoms with Crippen molar-refractivity contribution in [3.63, 3.8) is 0 Å². The van der Waals surface area contributed by atoms with Crippen LogP contribution in [0.25, 0.3) is 0 Å². The quantitative estimate of drug-likeness (QED) is 0.854. The molecule has 24 heavy (non-hydrogen) atoms. The van der Waals surface area contributed by atoms with Crippen LogP contribution in [-0.2, 0) is 9.53 Å². The standard InChI is InChI=1S/C19H21NO4/c1-12-9-10-17(13(2)11-12)24-14(3)18(21)20-16-8-6-5-7-15(16)19(22)23-4/h5-11,14H,1-4H3,(H,20,21). The second kappa shape index (κ2) is 7.64. The van der Waals surface area contributed by atoms with E-state index in [0.29, 0.717) is 17.0 Å². The van der Waals surface area contributed by atoms with Crippen molar-refractivity contribution in [3.05, 3.63) is 59.2 Å². The molecule has 0 saturated carbocycles. The predicted molar refractivity (Wildman–Crippen MR) is 92.4 cm³/mol.